The first kappa shape index (κ1) is 18.3. The molecule has 0 aliphatic carbocycles. The molecule has 0 rings (SSSR count). The van der Waals surface area contributed by atoms with Gasteiger partial charge in [-0.2, -0.15) is 19.1 Å². The molecule has 0 saturated heterocycles. The van der Waals surface area contributed by atoms with Crippen LogP contribution in [0.3, 0.4) is 0 Å². The van der Waals surface area contributed by atoms with Crippen LogP contribution >= 0.6 is 0 Å². The Labute approximate surface area is 99.0 Å². The molecule has 106 valence electrons. The Morgan fingerprint density at radius 2 is 1.72 bits per heavy atom. The fourth-order valence-corrected chi connectivity index (χ4v) is 0.503. The molecule has 2 amide bonds. The molecular weight excluding hydrogens is 263 g/mol. The third kappa shape index (κ3) is 14.0. The van der Waals surface area contributed by atoms with Gasteiger partial charge in [-0.1, -0.05) is 0 Å². The van der Waals surface area contributed by atoms with Gasteiger partial charge >= 0.3 is 24.1 Å². The number of rotatable bonds is 4. The summed E-state index contributed by atoms with van der Waals surface area (Å²) >= 11 is 0. The molecule has 0 aliphatic rings. The molecule has 0 unspecified atom stereocenters. The molecule has 0 bridgehead atoms. The maximum atomic E-state index is 10.6. The highest BCUT2D eigenvalue weighted by Gasteiger charge is 2.38. The summed E-state index contributed by atoms with van der Waals surface area (Å²) in [5, 5.41) is 9.44. The van der Waals surface area contributed by atoms with E-state index in [1.165, 1.54) is 0 Å². The number of carbonyl (C=O) groups excluding carboxylic acids is 2. The standard InChI is InChI=1S/C5H11N3O3.C2HF3O2/c6-5(10)8-3-1-2-4(9)11-7;3-2(4,5)1(6)7/h1-3,7H2,(H3,6,8,10);(H,6,7). The quantitative estimate of drug-likeness (QED) is 0.401. The Morgan fingerprint density at radius 1 is 1.28 bits per heavy atom. The molecule has 0 aliphatic heterocycles. The van der Waals surface area contributed by atoms with Crippen molar-refractivity contribution in [2.45, 2.75) is 19.0 Å². The average molecular weight is 275 g/mol. The molecule has 0 aromatic rings. The van der Waals surface area contributed by atoms with Gasteiger partial charge in [-0.15, -0.1) is 0 Å². The molecule has 0 aromatic heterocycles. The van der Waals surface area contributed by atoms with Crippen LogP contribution in [0.15, 0.2) is 0 Å². The van der Waals surface area contributed by atoms with E-state index < -0.39 is 24.1 Å². The van der Waals surface area contributed by atoms with Crippen LogP contribution in [0.4, 0.5) is 18.0 Å². The minimum absolute atomic E-state index is 0.177. The van der Waals surface area contributed by atoms with Crippen molar-refractivity contribution in [3.63, 3.8) is 0 Å². The summed E-state index contributed by atoms with van der Waals surface area (Å²) in [6, 6.07) is -0.605. The van der Waals surface area contributed by atoms with Gasteiger partial charge in [0.2, 0.25) is 0 Å². The van der Waals surface area contributed by atoms with Gasteiger partial charge in [0.05, 0.1) is 0 Å². The second-order valence-electron chi connectivity index (χ2n) is 2.69. The van der Waals surface area contributed by atoms with Crippen molar-refractivity contribution < 1.29 is 37.5 Å². The van der Waals surface area contributed by atoms with Gasteiger partial charge in [0.25, 0.3) is 0 Å². The number of nitrogens with two attached hydrogens (primary N) is 2. The Morgan fingerprint density at radius 3 is 2.00 bits per heavy atom. The maximum Gasteiger partial charge on any atom is 0.490 e. The number of amides is 2. The van der Waals surface area contributed by atoms with Crippen LogP contribution in [0.1, 0.15) is 12.8 Å². The number of nitrogens with one attached hydrogen (secondary N) is 1. The van der Waals surface area contributed by atoms with Crippen molar-refractivity contribution in [2.75, 3.05) is 6.54 Å². The number of primary amides is 1. The summed E-state index contributed by atoms with van der Waals surface area (Å²) in [7, 11) is 0. The number of urea groups is 1. The number of hydrogen-bond donors (Lipinski definition) is 4. The van der Waals surface area contributed by atoms with E-state index in [0.29, 0.717) is 13.0 Å². The Kier molecular flexibility index (Phi) is 9.20. The second-order valence-corrected chi connectivity index (χ2v) is 2.69. The second kappa shape index (κ2) is 9.04. The molecule has 18 heavy (non-hydrogen) atoms. The van der Waals surface area contributed by atoms with E-state index in [2.05, 4.69) is 16.1 Å². The highest BCUT2D eigenvalue weighted by atomic mass is 19.4. The first-order valence-electron chi connectivity index (χ1n) is 4.34. The Balaban J connectivity index is 0. The highest BCUT2D eigenvalue weighted by molar-refractivity contribution is 5.73. The third-order valence-electron chi connectivity index (χ3n) is 1.23. The zero-order valence-corrected chi connectivity index (χ0v) is 8.99. The molecule has 8 nitrogen and oxygen atoms in total. The number of halogens is 3. The molecule has 0 fully saturated rings. The van der Waals surface area contributed by atoms with Crippen molar-refractivity contribution in [3.05, 3.63) is 0 Å². The number of aliphatic carboxylic acids is 1. The fourth-order valence-electron chi connectivity index (χ4n) is 0.503. The normalized spacial score (nSPS) is 9.78. The van der Waals surface area contributed by atoms with E-state index in [1.807, 2.05) is 0 Å². The summed E-state index contributed by atoms with van der Waals surface area (Å²) in [6.45, 7) is 0.352. The van der Waals surface area contributed by atoms with E-state index in [4.69, 9.17) is 15.6 Å². The van der Waals surface area contributed by atoms with Gasteiger partial charge < -0.3 is 21.0 Å². The number of alkyl halides is 3. The summed E-state index contributed by atoms with van der Waals surface area (Å²) < 4.78 is 31.7. The molecule has 0 spiro atoms. The summed E-state index contributed by atoms with van der Waals surface area (Å²) in [6.07, 6.45) is -4.43. The van der Waals surface area contributed by atoms with Gasteiger partial charge in [-0.3, -0.25) is 4.79 Å². The smallest absolute Gasteiger partial charge is 0.475 e. The van der Waals surface area contributed by atoms with Crippen LogP contribution in [-0.4, -0.2) is 35.8 Å². The van der Waals surface area contributed by atoms with Gasteiger partial charge in [0.15, 0.2) is 0 Å². The van der Waals surface area contributed by atoms with Gasteiger partial charge in [0, 0.05) is 13.0 Å². The minimum atomic E-state index is -5.08. The van der Waals surface area contributed by atoms with Crippen molar-refractivity contribution in [2.24, 2.45) is 11.6 Å². The highest BCUT2D eigenvalue weighted by Crippen LogP contribution is 2.13. The van der Waals surface area contributed by atoms with E-state index in [9.17, 15) is 22.8 Å². The fraction of sp³-hybridized carbons (Fsp3) is 0.571. The lowest BCUT2D eigenvalue weighted by Crippen LogP contribution is -2.30. The number of carboxylic acids is 1. The Bertz CT molecular complexity index is 295. The maximum absolute atomic E-state index is 10.6. The molecule has 0 heterocycles. The van der Waals surface area contributed by atoms with Gasteiger partial charge in [-0.05, 0) is 6.42 Å². The van der Waals surface area contributed by atoms with Crippen LogP contribution in [0, 0.1) is 0 Å². The predicted molar refractivity (Wildman–Crippen MR) is 50.8 cm³/mol. The first-order valence-corrected chi connectivity index (χ1v) is 4.34. The van der Waals surface area contributed by atoms with Crippen molar-refractivity contribution in [1.29, 1.82) is 0 Å². The topological polar surface area (TPSA) is 145 Å². The van der Waals surface area contributed by atoms with E-state index in [0.717, 1.165) is 0 Å². The summed E-state index contributed by atoms with van der Waals surface area (Å²) in [5.74, 6) is 1.29. The monoisotopic (exact) mass is 275 g/mol. The average Bonchev–Trinajstić information content (AvgIpc) is 2.23. The SMILES string of the molecule is NOC(=O)CCCNC(N)=O.O=C(O)C(F)(F)F. The largest absolute Gasteiger partial charge is 0.490 e. The van der Waals surface area contributed by atoms with Crippen LogP contribution in [0.2, 0.25) is 0 Å². The van der Waals surface area contributed by atoms with Crippen molar-refractivity contribution in [1.82, 2.24) is 5.32 Å². The van der Waals surface area contributed by atoms with Gasteiger partial charge in [0.1, 0.15) is 0 Å². The zero-order valence-electron chi connectivity index (χ0n) is 8.99. The lowest BCUT2D eigenvalue weighted by Gasteiger charge is -1.99. The molecule has 0 radical (unpaired) electrons. The van der Waals surface area contributed by atoms with Crippen molar-refractivity contribution in [3.8, 4) is 0 Å². The molecule has 0 atom stereocenters. The Hall–Kier alpha value is -2.04. The molecular formula is C7H12F3N3O5. The van der Waals surface area contributed by atoms with Crippen molar-refractivity contribution >= 4 is 18.0 Å². The molecule has 0 saturated carbocycles. The zero-order chi connectivity index (χ0) is 14.8. The summed E-state index contributed by atoms with van der Waals surface area (Å²) in [4.78, 5) is 33.2. The van der Waals surface area contributed by atoms with Crippen LogP contribution in [0.25, 0.3) is 0 Å². The lowest BCUT2D eigenvalue weighted by molar-refractivity contribution is -0.192. The summed E-state index contributed by atoms with van der Waals surface area (Å²) in [5.41, 5.74) is 4.75. The predicted octanol–water partition coefficient (Wildman–Crippen LogP) is -0.515. The molecule has 6 N–H and O–H groups in total. The van der Waals surface area contributed by atoms with Crippen LogP contribution in [-0.2, 0) is 14.4 Å². The lowest BCUT2D eigenvalue weighted by atomic mass is 10.3. The number of carbonyl (C=O) groups is 3. The van der Waals surface area contributed by atoms with Crippen LogP contribution in [0.5, 0.6) is 0 Å². The number of carboxylic acid groups (broad SMARTS) is 1. The third-order valence-corrected chi connectivity index (χ3v) is 1.23. The van der Waals surface area contributed by atoms with Crippen LogP contribution < -0.4 is 16.9 Å². The van der Waals surface area contributed by atoms with E-state index in [-0.39, 0.29) is 6.42 Å². The minimum Gasteiger partial charge on any atom is -0.475 e. The molecule has 0 aromatic carbocycles. The van der Waals surface area contributed by atoms with Gasteiger partial charge in [-0.25, -0.2) is 9.59 Å². The van der Waals surface area contributed by atoms with E-state index >= 15 is 0 Å². The first-order chi connectivity index (χ1) is 8.11. The molecule has 11 heteroatoms. The number of hydrogen-bond acceptors (Lipinski definition) is 5. The van der Waals surface area contributed by atoms with E-state index in [1.54, 1.807) is 0 Å².